The number of amides is 2. The molecule has 1 atom stereocenters. The molecule has 3 N–H and O–H groups in total. The molecule has 0 saturated heterocycles. The summed E-state index contributed by atoms with van der Waals surface area (Å²) in [5, 5.41) is 15.5. The highest BCUT2D eigenvalue weighted by molar-refractivity contribution is 5.73. The lowest BCUT2D eigenvalue weighted by atomic mass is 10.1. The predicted molar refractivity (Wildman–Crippen MR) is 90.8 cm³/mol. The molecule has 2 amide bonds. The van der Waals surface area contributed by atoms with E-state index in [9.17, 15) is 9.90 Å². The van der Waals surface area contributed by atoms with Crippen LogP contribution in [0.5, 0.6) is 5.75 Å². The van der Waals surface area contributed by atoms with Gasteiger partial charge in [0, 0.05) is 18.7 Å². The molecule has 6 nitrogen and oxygen atoms in total. The van der Waals surface area contributed by atoms with Gasteiger partial charge in [-0.05, 0) is 44.5 Å². The Kier molecular flexibility index (Phi) is 6.26. The Morgan fingerprint density at radius 2 is 1.92 bits per heavy atom. The molecule has 0 spiro atoms. The monoisotopic (exact) mass is 332 g/mol. The highest BCUT2D eigenvalue weighted by atomic mass is 16.5. The molecular weight excluding hydrogens is 308 g/mol. The summed E-state index contributed by atoms with van der Waals surface area (Å²) >= 11 is 0. The lowest BCUT2D eigenvalue weighted by Crippen LogP contribution is -2.37. The largest absolute Gasteiger partial charge is 0.491 e. The lowest BCUT2D eigenvalue weighted by Gasteiger charge is -2.14. The number of carbonyl (C=O) groups is 1. The van der Waals surface area contributed by atoms with Gasteiger partial charge in [-0.2, -0.15) is 0 Å². The number of hydrogen-bond donors (Lipinski definition) is 3. The van der Waals surface area contributed by atoms with E-state index in [1.54, 1.807) is 30.5 Å². The van der Waals surface area contributed by atoms with E-state index in [2.05, 4.69) is 10.6 Å². The van der Waals surface area contributed by atoms with Crippen LogP contribution in [0.3, 0.4) is 0 Å². The number of aliphatic hydroxyl groups is 1. The van der Waals surface area contributed by atoms with Crippen molar-refractivity contribution < 1.29 is 19.1 Å². The molecule has 0 aliphatic heterocycles. The van der Waals surface area contributed by atoms with Gasteiger partial charge >= 0.3 is 6.03 Å². The molecule has 1 heterocycles. The van der Waals surface area contributed by atoms with Crippen LogP contribution in [0.15, 0.2) is 41.0 Å². The zero-order valence-electron chi connectivity index (χ0n) is 14.2. The molecule has 0 saturated carbocycles. The maximum absolute atomic E-state index is 11.8. The van der Waals surface area contributed by atoms with Crippen molar-refractivity contribution in [3.63, 3.8) is 0 Å². The SMILES string of the molecule is Cc1occc1CNC(=O)NC[C@H](O)c1ccc(OC(C)C)cc1. The Hall–Kier alpha value is -2.47. The maximum Gasteiger partial charge on any atom is 0.315 e. The third kappa shape index (κ3) is 5.31. The molecule has 0 bridgehead atoms. The van der Waals surface area contributed by atoms with Gasteiger partial charge in [0.15, 0.2) is 0 Å². The smallest absolute Gasteiger partial charge is 0.315 e. The zero-order valence-corrected chi connectivity index (χ0v) is 14.2. The maximum atomic E-state index is 11.8. The van der Waals surface area contributed by atoms with E-state index < -0.39 is 6.10 Å². The van der Waals surface area contributed by atoms with Gasteiger partial charge in [-0.1, -0.05) is 12.1 Å². The number of carbonyl (C=O) groups excluding carboxylic acids is 1. The topological polar surface area (TPSA) is 83.7 Å². The van der Waals surface area contributed by atoms with Gasteiger partial charge in [-0.15, -0.1) is 0 Å². The normalized spacial score (nSPS) is 12.0. The van der Waals surface area contributed by atoms with Gasteiger partial charge in [-0.3, -0.25) is 0 Å². The number of rotatable bonds is 7. The summed E-state index contributed by atoms with van der Waals surface area (Å²) in [6.07, 6.45) is 0.908. The Morgan fingerprint density at radius 3 is 2.50 bits per heavy atom. The van der Waals surface area contributed by atoms with Crippen molar-refractivity contribution in [3.8, 4) is 5.75 Å². The summed E-state index contributed by atoms with van der Waals surface area (Å²) in [4.78, 5) is 11.8. The Balaban J connectivity index is 1.76. The molecule has 0 radical (unpaired) electrons. The van der Waals surface area contributed by atoms with E-state index in [-0.39, 0.29) is 18.7 Å². The molecular formula is C18H24N2O4. The Labute approximate surface area is 141 Å². The summed E-state index contributed by atoms with van der Waals surface area (Å²) in [5.41, 5.74) is 1.64. The van der Waals surface area contributed by atoms with Crippen LogP contribution in [0.1, 0.15) is 36.8 Å². The average Bonchev–Trinajstić information content (AvgIpc) is 2.96. The molecule has 2 rings (SSSR count). The van der Waals surface area contributed by atoms with Crippen molar-refractivity contribution in [2.75, 3.05) is 6.54 Å². The fraction of sp³-hybridized carbons (Fsp3) is 0.389. The number of aliphatic hydroxyl groups excluding tert-OH is 1. The third-order valence-electron chi connectivity index (χ3n) is 3.50. The quantitative estimate of drug-likeness (QED) is 0.728. The molecule has 6 heteroatoms. The third-order valence-corrected chi connectivity index (χ3v) is 3.50. The highest BCUT2D eigenvalue weighted by Gasteiger charge is 2.10. The second-order valence-corrected chi connectivity index (χ2v) is 5.82. The number of aryl methyl sites for hydroxylation is 1. The predicted octanol–water partition coefficient (Wildman–Crippen LogP) is 2.91. The van der Waals surface area contributed by atoms with Gasteiger partial charge in [0.25, 0.3) is 0 Å². The average molecular weight is 332 g/mol. The van der Waals surface area contributed by atoms with E-state index >= 15 is 0 Å². The van der Waals surface area contributed by atoms with E-state index in [1.165, 1.54) is 0 Å². The molecule has 24 heavy (non-hydrogen) atoms. The zero-order chi connectivity index (χ0) is 17.5. The van der Waals surface area contributed by atoms with E-state index in [0.717, 1.165) is 22.6 Å². The van der Waals surface area contributed by atoms with Crippen LogP contribution < -0.4 is 15.4 Å². The van der Waals surface area contributed by atoms with Gasteiger partial charge in [0.1, 0.15) is 11.5 Å². The van der Waals surface area contributed by atoms with Crippen molar-refractivity contribution in [2.45, 2.75) is 39.5 Å². The molecule has 1 aromatic heterocycles. The molecule has 130 valence electrons. The minimum Gasteiger partial charge on any atom is -0.491 e. The van der Waals surface area contributed by atoms with Gasteiger partial charge in [-0.25, -0.2) is 4.79 Å². The van der Waals surface area contributed by atoms with Gasteiger partial charge in [0.05, 0.1) is 18.5 Å². The van der Waals surface area contributed by atoms with Crippen molar-refractivity contribution in [1.29, 1.82) is 0 Å². The molecule has 0 unspecified atom stereocenters. The van der Waals surface area contributed by atoms with Crippen LogP contribution in [-0.2, 0) is 6.54 Å². The number of urea groups is 1. The van der Waals surface area contributed by atoms with E-state index in [0.29, 0.717) is 6.54 Å². The first kappa shape index (κ1) is 17.9. The summed E-state index contributed by atoms with van der Waals surface area (Å²) < 4.78 is 10.7. The van der Waals surface area contributed by atoms with Crippen molar-refractivity contribution in [1.82, 2.24) is 10.6 Å². The lowest BCUT2D eigenvalue weighted by molar-refractivity contribution is 0.173. The summed E-state index contributed by atoms with van der Waals surface area (Å²) in [6.45, 7) is 6.25. The first-order valence-electron chi connectivity index (χ1n) is 7.95. The van der Waals surface area contributed by atoms with Crippen LogP contribution in [-0.4, -0.2) is 23.8 Å². The molecule has 1 aromatic carbocycles. The molecule has 0 fully saturated rings. The van der Waals surface area contributed by atoms with Crippen LogP contribution >= 0.6 is 0 Å². The highest BCUT2D eigenvalue weighted by Crippen LogP contribution is 2.18. The Bertz CT molecular complexity index is 649. The van der Waals surface area contributed by atoms with Crippen LogP contribution in [0.4, 0.5) is 4.79 Å². The second-order valence-electron chi connectivity index (χ2n) is 5.82. The first-order chi connectivity index (χ1) is 11.5. The number of benzene rings is 1. The minimum atomic E-state index is -0.778. The van der Waals surface area contributed by atoms with E-state index in [1.807, 2.05) is 26.8 Å². The van der Waals surface area contributed by atoms with Crippen LogP contribution in [0, 0.1) is 6.92 Å². The van der Waals surface area contributed by atoms with Crippen molar-refractivity contribution in [2.24, 2.45) is 0 Å². The van der Waals surface area contributed by atoms with Gasteiger partial charge < -0.3 is 24.9 Å². The first-order valence-corrected chi connectivity index (χ1v) is 7.95. The number of hydrogen-bond acceptors (Lipinski definition) is 4. The minimum absolute atomic E-state index is 0.102. The standard InChI is InChI=1S/C18H24N2O4/c1-12(2)24-16-6-4-14(5-7-16)17(21)11-20-18(22)19-10-15-8-9-23-13(15)3/h4-9,12,17,21H,10-11H2,1-3H3,(H2,19,20,22)/t17-/m0/s1. The van der Waals surface area contributed by atoms with Crippen LogP contribution in [0.2, 0.25) is 0 Å². The fourth-order valence-corrected chi connectivity index (χ4v) is 2.18. The summed E-state index contributed by atoms with van der Waals surface area (Å²) in [7, 11) is 0. The molecule has 2 aromatic rings. The molecule has 0 aliphatic rings. The number of furan rings is 1. The Morgan fingerprint density at radius 1 is 1.21 bits per heavy atom. The molecule has 0 aliphatic carbocycles. The van der Waals surface area contributed by atoms with Gasteiger partial charge in [0.2, 0.25) is 0 Å². The van der Waals surface area contributed by atoms with Crippen molar-refractivity contribution in [3.05, 3.63) is 53.5 Å². The fourth-order valence-electron chi connectivity index (χ4n) is 2.18. The second kappa shape index (κ2) is 8.40. The van der Waals surface area contributed by atoms with Crippen LogP contribution in [0.25, 0.3) is 0 Å². The summed E-state index contributed by atoms with van der Waals surface area (Å²) in [6, 6.07) is 8.66. The van der Waals surface area contributed by atoms with E-state index in [4.69, 9.17) is 9.15 Å². The number of nitrogens with one attached hydrogen (secondary N) is 2. The summed E-state index contributed by atoms with van der Waals surface area (Å²) in [5.74, 6) is 1.53. The van der Waals surface area contributed by atoms with Crippen molar-refractivity contribution >= 4 is 6.03 Å². The number of ether oxygens (including phenoxy) is 1.